The molecular weight excluding hydrogens is 1170 g/mol. The Hall–Kier alpha value is -6.91. The van der Waals surface area contributed by atoms with Crippen LogP contribution in [0.1, 0.15) is 162 Å². The second-order valence-electron chi connectivity index (χ2n) is 28.0. The lowest BCUT2D eigenvalue weighted by molar-refractivity contribution is -0.157. The molecule has 1 heterocycles. The molecule has 23 heteroatoms. The fraction of sp³-hybridized carbons (Fsp3) is 0.725. The van der Waals surface area contributed by atoms with E-state index in [9.17, 15) is 43.5 Å². The molecule has 1 saturated heterocycles. The van der Waals surface area contributed by atoms with E-state index in [4.69, 9.17) is 0 Å². The quantitative estimate of drug-likeness (QED) is 0.131. The van der Waals surface area contributed by atoms with Crippen molar-refractivity contribution in [2.75, 3.05) is 49.3 Å². The summed E-state index contributed by atoms with van der Waals surface area (Å²) in [6, 6.07) is -4.95. The van der Waals surface area contributed by atoms with Gasteiger partial charge in [-0.3, -0.25) is 52.7 Å². The van der Waals surface area contributed by atoms with Gasteiger partial charge in [0.2, 0.25) is 65.0 Å². The molecule has 5 N–H and O–H groups in total. The molecule has 0 unspecified atom stereocenters. The van der Waals surface area contributed by atoms with Gasteiger partial charge in [0, 0.05) is 55.8 Å². The maximum atomic E-state index is 15.3. The fourth-order valence-corrected chi connectivity index (χ4v) is 11.8. The summed E-state index contributed by atoms with van der Waals surface area (Å²) in [5.41, 5.74) is 0.672. The highest BCUT2D eigenvalue weighted by molar-refractivity contribution is 6.00. The van der Waals surface area contributed by atoms with Gasteiger partial charge in [-0.25, -0.2) is 0 Å². The Bertz CT molecular complexity index is 2680. The number of rotatable bonds is 17. The van der Waals surface area contributed by atoms with Crippen molar-refractivity contribution >= 4 is 65.0 Å². The van der Waals surface area contributed by atoms with Gasteiger partial charge in [-0.15, -0.1) is 0 Å². The zero-order valence-electron chi connectivity index (χ0n) is 60.0. The first-order chi connectivity index (χ1) is 42.7. The highest BCUT2D eigenvalue weighted by atomic mass is 16.3. The molecule has 23 nitrogen and oxygen atoms in total. The van der Waals surface area contributed by atoms with E-state index in [0.29, 0.717) is 12.0 Å². The number of aliphatic hydroxyl groups is 1. The van der Waals surface area contributed by atoms with Gasteiger partial charge in [0.05, 0.1) is 6.10 Å². The molecule has 0 bridgehead atoms. The molecule has 11 amide bonds. The van der Waals surface area contributed by atoms with E-state index in [1.54, 1.807) is 84.9 Å². The minimum Gasteiger partial charge on any atom is -0.390 e. The summed E-state index contributed by atoms with van der Waals surface area (Å²) in [7, 11) is 10.00. The number of nitrogens with one attached hydrogen (secondary N) is 4. The lowest BCUT2D eigenvalue weighted by Crippen LogP contribution is -2.64. The summed E-state index contributed by atoms with van der Waals surface area (Å²) in [6.45, 7) is 30.0. The summed E-state index contributed by atoms with van der Waals surface area (Å²) in [5.74, 6) is -9.90. The van der Waals surface area contributed by atoms with Gasteiger partial charge >= 0.3 is 0 Å². The monoisotopic (exact) mass is 1290 g/mol. The number of nitrogens with zero attached hydrogens (tertiary/aromatic N) is 7. The standard InChI is InChI=1S/C69H117N11O12/c1-25-27-31-45(15)58(81)57-62(85)71-49(26-2)65(88)74(18)47(17)64(87)75(19)52(35-40(5)6)61(84)73-55(43(11)12)68(91)76(20)51(34-39(3)4)60(83)72-50(38-48-32-29-28-30-33-48)59(82)70-46(16)63(86)77(21)53(36-41(7)8)66(89)78(22)54(37-42(9)10)67(90)79(23)56(44(13)14)69(92)80(57)24/h25,27-30,32-33,39-47,49-58,81H,26,31,34-38H2,1-24H3,(H,70,82)(H,71,85)(H,72,83)(H,73,84)/b27-25+/t45-,46-,47-,49+,50+,51+,52+,53+,54+,55+,56+,57+,58-/m1/s1. The van der Waals surface area contributed by atoms with E-state index in [2.05, 4.69) is 21.3 Å². The number of likely N-dealkylation sites (N-methyl/N-ethyl adjacent to an activating group) is 7. The lowest BCUT2D eigenvalue weighted by Gasteiger charge is -2.41. The molecule has 0 spiro atoms. The van der Waals surface area contributed by atoms with Crippen molar-refractivity contribution in [3.63, 3.8) is 0 Å². The van der Waals surface area contributed by atoms with Crippen LogP contribution in [0.5, 0.6) is 0 Å². The van der Waals surface area contributed by atoms with Crippen molar-refractivity contribution in [2.24, 2.45) is 41.4 Å². The summed E-state index contributed by atoms with van der Waals surface area (Å²) >= 11 is 0. The van der Waals surface area contributed by atoms with Gasteiger partial charge in [-0.1, -0.05) is 139 Å². The first kappa shape index (κ1) is 81.2. The molecule has 520 valence electrons. The number of carbonyl (C=O) groups is 11. The third-order valence-electron chi connectivity index (χ3n) is 17.7. The van der Waals surface area contributed by atoms with E-state index >= 15 is 14.4 Å². The second kappa shape index (κ2) is 37.1. The number of benzene rings is 1. The van der Waals surface area contributed by atoms with Gasteiger partial charge < -0.3 is 60.7 Å². The second-order valence-corrected chi connectivity index (χ2v) is 28.0. The smallest absolute Gasteiger partial charge is 0.246 e. The SMILES string of the molecule is C/C=C/C[C@@H](C)[C@@H](O)[C@H]1C(=O)N[C@@H](CC)C(=O)N(C)[C@H](C)C(=O)N(C)[C@@H](CC(C)C)C(=O)N[C@@H](C(C)C)C(=O)N(C)[C@@H](CC(C)C)C(=O)N[C@@H](Cc2ccccc2)C(=O)N[C@H](C)C(=O)N(C)[C@@H](CC(C)C)C(=O)N(C)[C@@H](CC(C)C)C(=O)N(C)[C@@H](C(C)C)C(=O)N1C. The van der Waals surface area contributed by atoms with Crippen molar-refractivity contribution < 1.29 is 57.8 Å². The number of hydrogen-bond donors (Lipinski definition) is 5. The van der Waals surface area contributed by atoms with Crippen LogP contribution in [0.2, 0.25) is 0 Å². The molecule has 0 saturated carbocycles. The van der Waals surface area contributed by atoms with Crippen LogP contribution in [0.3, 0.4) is 0 Å². The zero-order chi connectivity index (χ0) is 70.7. The fourth-order valence-electron chi connectivity index (χ4n) is 11.8. The molecule has 1 aromatic rings. The van der Waals surface area contributed by atoms with E-state index < -0.39 is 155 Å². The predicted molar refractivity (Wildman–Crippen MR) is 358 cm³/mol. The highest BCUT2D eigenvalue weighted by Gasteiger charge is 2.46. The first-order valence-corrected chi connectivity index (χ1v) is 33.1. The highest BCUT2D eigenvalue weighted by Crippen LogP contribution is 2.26. The third-order valence-corrected chi connectivity index (χ3v) is 17.7. The number of allylic oxidation sites excluding steroid dienone is 2. The largest absolute Gasteiger partial charge is 0.390 e. The number of hydrogen-bond acceptors (Lipinski definition) is 12. The normalized spacial score (nSPS) is 26.5. The van der Waals surface area contributed by atoms with Crippen molar-refractivity contribution in [3.05, 3.63) is 48.0 Å². The minimum atomic E-state index is -1.62. The Morgan fingerprint density at radius 2 is 0.870 bits per heavy atom. The van der Waals surface area contributed by atoms with Gasteiger partial charge in [-0.2, -0.15) is 0 Å². The molecule has 0 aliphatic carbocycles. The Kier molecular flexibility index (Phi) is 32.7. The van der Waals surface area contributed by atoms with Crippen molar-refractivity contribution in [1.82, 2.24) is 55.6 Å². The molecule has 0 radical (unpaired) electrons. The van der Waals surface area contributed by atoms with Crippen LogP contribution in [0, 0.1) is 41.4 Å². The molecule has 2 rings (SSSR count). The van der Waals surface area contributed by atoms with E-state index in [1.165, 1.54) is 87.7 Å². The Morgan fingerprint density at radius 3 is 1.33 bits per heavy atom. The van der Waals surface area contributed by atoms with Crippen LogP contribution in [-0.4, -0.2) is 226 Å². The third kappa shape index (κ3) is 22.1. The summed E-state index contributed by atoms with van der Waals surface area (Å²) in [4.78, 5) is 172. The van der Waals surface area contributed by atoms with Crippen molar-refractivity contribution in [3.8, 4) is 0 Å². The van der Waals surface area contributed by atoms with Gasteiger partial charge in [0.25, 0.3) is 0 Å². The maximum Gasteiger partial charge on any atom is 0.246 e. The van der Waals surface area contributed by atoms with E-state index in [1.807, 2.05) is 61.5 Å². The number of carbonyl (C=O) groups excluding carboxylic acids is 11. The molecule has 92 heavy (non-hydrogen) atoms. The van der Waals surface area contributed by atoms with Crippen LogP contribution in [0.25, 0.3) is 0 Å². The van der Waals surface area contributed by atoms with Crippen LogP contribution in [-0.2, 0) is 59.2 Å². The van der Waals surface area contributed by atoms with Crippen LogP contribution < -0.4 is 21.3 Å². The van der Waals surface area contributed by atoms with Gasteiger partial charge in [0.15, 0.2) is 0 Å². The maximum absolute atomic E-state index is 15.3. The van der Waals surface area contributed by atoms with E-state index in [-0.39, 0.29) is 62.2 Å². The molecule has 13 atom stereocenters. The van der Waals surface area contributed by atoms with Gasteiger partial charge in [-0.05, 0) is 106 Å². The molecule has 0 aromatic heterocycles. The molecule has 1 aromatic carbocycles. The van der Waals surface area contributed by atoms with E-state index in [0.717, 1.165) is 9.80 Å². The first-order valence-electron chi connectivity index (χ1n) is 33.1. The summed E-state index contributed by atoms with van der Waals surface area (Å²) < 4.78 is 0. The lowest BCUT2D eigenvalue weighted by atomic mass is 9.91. The minimum absolute atomic E-state index is 0.0109. The van der Waals surface area contributed by atoms with Crippen molar-refractivity contribution in [2.45, 2.75) is 235 Å². The topological polar surface area (TPSA) is 279 Å². The molecule has 1 fully saturated rings. The number of amides is 11. The zero-order valence-corrected chi connectivity index (χ0v) is 60.0. The van der Waals surface area contributed by atoms with Crippen LogP contribution >= 0.6 is 0 Å². The molecule has 1 aliphatic heterocycles. The summed E-state index contributed by atoms with van der Waals surface area (Å²) in [6.07, 6.45) is 2.93. The predicted octanol–water partition coefficient (Wildman–Crippen LogP) is 4.88. The van der Waals surface area contributed by atoms with Crippen LogP contribution in [0.15, 0.2) is 42.5 Å². The number of aliphatic hydroxyl groups excluding tert-OH is 1. The Morgan fingerprint density at radius 1 is 0.446 bits per heavy atom. The van der Waals surface area contributed by atoms with Gasteiger partial charge in [0.1, 0.15) is 66.5 Å². The van der Waals surface area contributed by atoms with Crippen molar-refractivity contribution in [1.29, 1.82) is 0 Å². The Labute approximate surface area is 550 Å². The average molecular weight is 1290 g/mol. The average Bonchev–Trinajstić information content (AvgIpc) is 0.853. The molecule has 1 aliphatic rings. The summed E-state index contributed by atoms with van der Waals surface area (Å²) in [5, 5.41) is 23.6. The van der Waals surface area contributed by atoms with Crippen LogP contribution in [0.4, 0.5) is 0 Å². The molecular formula is C69H117N11O12. The Balaban J connectivity index is 3.09.